The Hall–Kier alpha value is -2.31. The molecular formula is C31H43ClN2O3S. The molecule has 0 aliphatic carbocycles. The summed E-state index contributed by atoms with van der Waals surface area (Å²) < 4.78 is 11.6. The molecule has 3 rings (SSSR count). The summed E-state index contributed by atoms with van der Waals surface area (Å²) >= 11 is 8.12. The first-order valence-corrected chi connectivity index (χ1v) is 15.4. The van der Waals surface area contributed by atoms with Crippen LogP contribution in [0.1, 0.15) is 83.6 Å². The van der Waals surface area contributed by atoms with Gasteiger partial charge in [0.25, 0.3) is 5.91 Å². The lowest BCUT2D eigenvalue weighted by molar-refractivity contribution is -0.118. The number of rotatable bonds is 18. The number of hydrogen-bond donors (Lipinski definition) is 1. The number of nitrogens with zero attached hydrogens (tertiary/aromatic N) is 1. The topological polar surface area (TPSA) is 50.8 Å². The molecule has 7 heteroatoms. The maximum atomic E-state index is 12.4. The summed E-state index contributed by atoms with van der Waals surface area (Å²) in [5.41, 5.74) is 3.25. The lowest BCUT2D eigenvalue weighted by Gasteiger charge is -2.19. The molecule has 0 atom stereocenters. The number of benzene rings is 2. The first kappa shape index (κ1) is 30.2. The molecule has 0 spiro atoms. The summed E-state index contributed by atoms with van der Waals surface area (Å²) in [5, 5.41) is 5.62. The number of halogens is 1. The van der Waals surface area contributed by atoms with Crippen LogP contribution in [0.25, 0.3) is 0 Å². The maximum Gasteiger partial charge on any atom is 0.262 e. The van der Waals surface area contributed by atoms with Crippen molar-refractivity contribution in [3.05, 3.63) is 64.2 Å². The van der Waals surface area contributed by atoms with E-state index in [1.165, 1.54) is 62.6 Å². The van der Waals surface area contributed by atoms with Crippen molar-refractivity contribution in [1.29, 1.82) is 0 Å². The largest absolute Gasteiger partial charge is 0.492 e. The van der Waals surface area contributed by atoms with Crippen LogP contribution in [0.5, 0.6) is 11.5 Å². The van der Waals surface area contributed by atoms with Crippen molar-refractivity contribution in [2.45, 2.75) is 84.6 Å². The molecule has 5 nitrogen and oxygen atoms in total. The monoisotopic (exact) mass is 558 g/mol. The summed E-state index contributed by atoms with van der Waals surface area (Å²) in [6.45, 7) is 5.79. The third-order valence-electron chi connectivity index (χ3n) is 6.62. The van der Waals surface area contributed by atoms with E-state index in [0.29, 0.717) is 23.1 Å². The summed E-state index contributed by atoms with van der Waals surface area (Å²) in [5.74, 6) is 1.93. The van der Waals surface area contributed by atoms with E-state index in [1.807, 2.05) is 36.0 Å². The van der Waals surface area contributed by atoms with Gasteiger partial charge in [-0.3, -0.25) is 4.79 Å². The van der Waals surface area contributed by atoms with E-state index in [1.54, 1.807) is 18.2 Å². The molecule has 0 fully saturated rings. The molecule has 1 aliphatic heterocycles. The third-order valence-corrected chi connectivity index (χ3v) is 7.90. The molecule has 38 heavy (non-hydrogen) atoms. The van der Waals surface area contributed by atoms with Gasteiger partial charge in [-0.1, -0.05) is 88.4 Å². The van der Waals surface area contributed by atoms with Gasteiger partial charge in [0.05, 0.1) is 17.5 Å². The number of ether oxygens (including phenoxy) is 2. The van der Waals surface area contributed by atoms with Crippen LogP contribution in [0, 0.1) is 0 Å². The Morgan fingerprint density at radius 3 is 2.29 bits per heavy atom. The van der Waals surface area contributed by atoms with E-state index in [9.17, 15) is 4.79 Å². The molecule has 208 valence electrons. The fourth-order valence-electron chi connectivity index (χ4n) is 4.31. The van der Waals surface area contributed by atoms with Gasteiger partial charge in [-0.2, -0.15) is 0 Å². The van der Waals surface area contributed by atoms with Gasteiger partial charge < -0.3 is 19.7 Å². The predicted molar refractivity (Wildman–Crippen MR) is 161 cm³/mol. The highest BCUT2D eigenvalue weighted by Gasteiger charge is 2.12. The molecule has 2 aromatic rings. The van der Waals surface area contributed by atoms with Gasteiger partial charge in [0.2, 0.25) is 0 Å². The van der Waals surface area contributed by atoms with Crippen LogP contribution in [0.2, 0.25) is 5.02 Å². The lowest BCUT2D eigenvalue weighted by Crippen LogP contribution is -2.20. The number of nitrogens with one attached hydrogen (secondary N) is 1. The number of amides is 1. The number of carbonyl (C=O) groups excluding carboxylic acids is 1. The Morgan fingerprint density at radius 1 is 0.947 bits per heavy atom. The van der Waals surface area contributed by atoms with Crippen LogP contribution in [-0.2, 0) is 11.3 Å². The summed E-state index contributed by atoms with van der Waals surface area (Å²) in [4.78, 5) is 14.7. The number of thioether (sulfide) groups is 1. The molecule has 1 aliphatic rings. The average Bonchev–Trinajstić information content (AvgIpc) is 3.32. The minimum absolute atomic E-state index is 0.0870. The molecule has 1 amide bonds. The first-order valence-electron chi connectivity index (χ1n) is 14.0. The summed E-state index contributed by atoms with van der Waals surface area (Å²) in [7, 11) is 0. The fraction of sp³-hybridized carbons (Fsp3) is 0.516. The second-order valence-electron chi connectivity index (χ2n) is 9.91. The van der Waals surface area contributed by atoms with Crippen LogP contribution < -0.4 is 14.8 Å². The zero-order valence-electron chi connectivity index (χ0n) is 23.0. The van der Waals surface area contributed by atoms with Crippen LogP contribution in [0.4, 0.5) is 5.69 Å². The van der Waals surface area contributed by atoms with Gasteiger partial charge in [0.1, 0.15) is 11.5 Å². The Morgan fingerprint density at radius 2 is 1.63 bits per heavy atom. The van der Waals surface area contributed by atoms with Crippen molar-refractivity contribution >= 4 is 35.0 Å². The minimum Gasteiger partial charge on any atom is -0.492 e. The van der Waals surface area contributed by atoms with E-state index >= 15 is 0 Å². The second kappa shape index (κ2) is 17.3. The van der Waals surface area contributed by atoms with Crippen LogP contribution in [0.15, 0.2) is 53.6 Å². The van der Waals surface area contributed by atoms with Gasteiger partial charge >= 0.3 is 0 Å². The summed E-state index contributed by atoms with van der Waals surface area (Å²) in [6.07, 6.45) is 12.8. The Balaban J connectivity index is 1.31. The van der Waals surface area contributed by atoms with Crippen molar-refractivity contribution in [3.63, 3.8) is 0 Å². The normalized spacial score (nSPS) is 12.9. The van der Waals surface area contributed by atoms with Crippen LogP contribution >= 0.6 is 23.4 Å². The third kappa shape index (κ3) is 11.2. The Labute approximate surface area is 238 Å². The van der Waals surface area contributed by atoms with E-state index in [4.69, 9.17) is 21.1 Å². The number of carbonyl (C=O) groups is 1. The van der Waals surface area contributed by atoms with Crippen molar-refractivity contribution in [1.82, 2.24) is 4.90 Å². The highest BCUT2D eigenvalue weighted by atomic mass is 35.5. The minimum atomic E-state index is -0.213. The van der Waals surface area contributed by atoms with Crippen molar-refractivity contribution in [2.75, 3.05) is 24.4 Å². The van der Waals surface area contributed by atoms with Gasteiger partial charge in [0.15, 0.2) is 6.61 Å². The molecule has 2 aromatic carbocycles. The second-order valence-corrected chi connectivity index (χ2v) is 11.1. The smallest absolute Gasteiger partial charge is 0.262 e. The molecule has 0 unspecified atom stereocenters. The zero-order valence-corrected chi connectivity index (χ0v) is 24.5. The van der Waals surface area contributed by atoms with E-state index in [2.05, 4.69) is 29.5 Å². The first-order chi connectivity index (χ1) is 18.5. The molecule has 0 saturated heterocycles. The zero-order chi connectivity index (χ0) is 27.0. The maximum absolute atomic E-state index is 12.4. The van der Waals surface area contributed by atoms with Crippen molar-refractivity contribution < 1.29 is 14.3 Å². The highest BCUT2D eigenvalue weighted by molar-refractivity contribution is 8.02. The van der Waals surface area contributed by atoms with E-state index in [-0.39, 0.29) is 12.5 Å². The highest BCUT2D eigenvalue weighted by Crippen LogP contribution is 2.29. The molecular weight excluding hydrogens is 516 g/mol. The van der Waals surface area contributed by atoms with Gasteiger partial charge in [0, 0.05) is 24.0 Å². The molecule has 0 saturated carbocycles. The molecule has 0 aromatic heterocycles. The SMILES string of the molecule is CCCCCCCCCCCCOc1cc(OCC(=O)Nc2ccc(CN3CSC=C3C)cc2)ccc1Cl. The Bertz CT molecular complexity index is 1010. The fourth-order valence-corrected chi connectivity index (χ4v) is 5.42. The molecule has 0 radical (unpaired) electrons. The average molecular weight is 559 g/mol. The number of allylic oxidation sites excluding steroid dienone is 1. The van der Waals surface area contributed by atoms with Gasteiger partial charge in [-0.05, 0) is 48.6 Å². The van der Waals surface area contributed by atoms with Crippen LogP contribution in [-0.4, -0.2) is 29.9 Å². The summed E-state index contributed by atoms with van der Waals surface area (Å²) in [6, 6.07) is 13.2. The number of hydrogen-bond acceptors (Lipinski definition) is 5. The van der Waals surface area contributed by atoms with Gasteiger partial charge in [-0.25, -0.2) is 0 Å². The predicted octanol–water partition coefficient (Wildman–Crippen LogP) is 9.02. The molecule has 1 N–H and O–H groups in total. The van der Waals surface area contributed by atoms with E-state index in [0.717, 1.165) is 31.0 Å². The number of unbranched alkanes of at least 4 members (excludes halogenated alkanes) is 9. The standard InChI is InChI=1S/C31H43ClN2O3S/c1-3-4-5-6-7-8-9-10-11-12-19-36-30-20-28(17-18-29(30)32)37-22-31(35)33-27-15-13-26(14-16-27)21-34-24-38-23-25(34)2/h13-18,20,23H,3-12,19,21-22,24H2,1-2H3,(H,33,35). The number of anilines is 1. The van der Waals surface area contributed by atoms with Crippen molar-refractivity contribution in [3.8, 4) is 11.5 Å². The van der Waals surface area contributed by atoms with Crippen LogP contribution in [0.3, 0.4) is 0 Å². The van der Waals surface area contributed by atoms with E-state index < -0.39 is 0 Å². The molecule has 1 heterocycles. The lowest BCUT2D eigenvalue weighted by atomic mass is 10.1. The quantitative estimate of drug-likeness (QED) is 0.185. The molecule has 0 bridgehead atoms. The Kier molecular flexibility index (Phi) is 13.8. The van der Waals surface area contributed by atoms with Crippen molar-refractivity contribution in [2.24, 2.45) is 0 Å². The van der Waals surface area contributed by atoms with Gasteiger partial charge in [-0.15, -0.1) is 11.8 Å².